The molecule has 3 aliphatic rings. The number of aliphatic hydroxyl groups is 1. The van der Waals surface area contributed by atoms with E-state index in [1.54, 1.807) is 29.4 Å². The van der Waals surface area contributed by atoms with E-state index in [0.29, 0.717) is 37.5 Å². The average Bonchev–Trinajstić information content (AvgIpc) is 2.68. The molecule has 0 radical (unpaired) electrons. The Kier molecular flexibility index (Phi) is 6.42. The van der Waals surface area contributed by atoms with Crippen LogP contribution in [0.4, 0.5) is 0 Å². The second kappa shape index (κ2) is 9.19. The number of β-amino-alcohol motifs (C(OH)–C–C–N with tert-alkyl or cyclic N) is 1. The van der Waals surface area contributed by atoms with Crippen LogP contribution in [0, 0.1) is 0 Å². The molecule has 1 aromatic heterocycles. The molecule has 29 heavy (non-hydrogen) atoms. The van der Waals surface area contributed by atoms with Crippen LogP contribution in [0.15, 0.2) is 24.5 Å². The lowest BCUT2D eigenvalue weighted by Gasteiger charge is -2.44. The summed E-state index contributed by atoms with van der Waals surface area (Å²) < 4.78 is 11.8. The molecule has 1 saturated carbocycles. The number of rotatable bonds is 4. The van der Waals surface area contributed by atoms with Crippen molar-refractivity contribution in [3.05, 3.63) is 30.1 Å². The molecular weight excluding hydrogens is 374 g/mol. The fourth-order valence-corrected chi connectivity index (χ4v) is 4.28. The zero-order chi connectivity index (χ0) is 20.2. The number of aliphatic hydroxyl groups excluding tert-OH is 1. The maximum atomic E-state index is 13.1. The van der Waals surface area contributed by atoms with Crippen molar-refractivity contribution in [3.63, 3.8) is 0 Å². The summed E-state index contributed by atoms with van der Waals surface area (Å²) in [6.07, 6.45) is 6.96. The van der Waals surface area contributed by atoms with Crippen molar-refractivity contribution in [2.45, 2.75) is 68.9 Å². The largest absolute Gasteiger partial charge is 0.389 e. The van der Waals surface area contributed by atoms with Crippen molar-refractivity contribution in [2.24, 2.45) is 0 Å². The molecule has 2 saturated heterocycles. The number of carbonyl (C=O) groups is 2. The lowest BCUT2D eigenvalue weighted by molar-refractivity contribution is -0.151. The number of ether oxygens (including phenoxy) is 2. The third kappa shape index (κ3) is 4.94. The molecule has 8 heteroatoms. The van der Waals surface area contributed by atoms with Crippen molar-refractivity contribution < 1.29 is 24.2 Å². The Morgan fingerprint density at radius 1 is 1.17 bits per heavy atom. The molecule has 0 bridgehead atoms. The van der Waals surface area contributed by atoms with Crippen LogP contribution >= 0.6 is 0 Å². The topological polar surface area (TPSA) is 101 Å². The van der Waals surface area contributed by atoms with E-state index in [2.05, 4.69) is 10.3 Å². The molecule has 2 amide bonds. The molecule has 158 valence electrons. The maximum absolute atomic E-state index is 13.1. The van der Waals surface area contributed by atoms with Crippen LogP contribution in [-0.2, 0) is 14.3 Å². The Balaban J connectivity index is 1.42. The lowest BCUT2D eigenvalue weighted by atomic mass is 9.92. The zero-order valence-corrected chi connectivity index (χ0v) is 16.5. The van der Waals surface area contributed by atoms with Crippen LogP contribution in [-0.4, -0.2) is 77.0 Å². The molecule has 3 heterocycles. The van der Waals surface area contributed by atoms with Crippen molar-refractivity contribution in [2.75, 3.05) is 19.8 Å². The summed E-state index contributed by atoms with van der Waals surface area (Å²) in [5.74, 6) is -0.113. The van der Waals surface area contributed by atoms with Gasteiger partial charge < -0.3 is 24.8 Å². The Hall–Kier alpha value is -2.03. The molecule has 0 spiro atoms. The van der Waals surface area contributed by atoms with Gasteiger partial charge in [-0.1, -0.05) is 0 Å². The van der Waals surface area contributed by atoms with Crippen LogP contribution in [0.3, 0.4) is 0 Å². The third-order valence-corrected chi connectivity index (χ3v) is 6.05. The molecule has 0 unspecified atom stereocenters. The number of amides is 2. The molecule has 1 aliphatic carbocycles. The van der Waals surface area contributed by atoms with E-state index in [0.717, 1.165) is 12.8 Å². The highest BCUT2D eigenvalue weighted by molar-refractivity contribution is 5.94. The molecule has 1 aromatic rings. The van der Waals surface area contributed by atoms with E-state index >= 15 is 0 Å². The SMILES string of the molecule is O=C(C[C@H]1CC[C@@H]2[C@H](COC[C@@H](O)CN2C(=O)c2ccncc2)O1)NC1CCC1. The smallest absolute Gasteiger partial charge is 0.254 e. The predicted molar refractivity (Wildman–Crippen MR) is 104 cm³/mol. The van der Waals surface area contributed by atoms with Crippen LogP contribution < -0.4 is 5.32 Å². The van der Waals surface area contributed by atoms with E-state index in [1.165, 1.54) is 6.42 Å². The summed E-state index contributed by atoms with van der Waals surface area (Å²) in [5.41, 5.74) is 0.537. The first-order valence-electron chi connectivity index (χ1n) is 10.5. The average molecular weight is 403 g/mol. The van der Waals surface area contributed by atoms with E-state index in [4.69, 9.17) is 9.47 Å². The fourth-order valence-electron chi connectivity index (χ4n) is 4.28. The second-order valence-corrected chi connectivity index (χ2v) is 8.23. The van der Waals surface area contributed by atoms with Crippen molar-refractivity contribution in [3.8, 4) is 0 Å². The van der Waals surface area contributed by atoms with Crippen LogP contribution in [0.1, 0.15) is 48.9 Å². The van der Waals surface area contributed by atoms with Crippen molar-refractivity contribution >= 4 is 11.8 Å². The van der Waals surface area contributed by atoms with E-state index < -0.39 is 6.10 Å². The number of hydrogen-bond acceptors (Lipinski definition) is 6. The number of carbonyl (C=O) groups excluding carboxylic acids is 2. The van der Waals surface area contributed by atoms with Crippen LogP contribution in [0.25, 0.3) is 0 Å². The molecular formula is C21H29N3O5. The molecule has 2 aliphatic heterocycles. The Labute approximate surface area is 170 Å². The predicted octanol–water partition coefficient (Wildman–Crippen LogP) is 0.890. The van der Waals surface area contributed by atoms with Gasteiger partial charge in [0.25, 0.3) is 5.91 Å². The highest BCUT2D eigenvalue weighted by atomic mass is 16.5. The van der Waals surface area contributed by atoms with Gasteiger partial charge in [0.2, 0.25) is 5.91 Å². The highest BCUT2D eigenvalue weighted by Crippen LogP contribution is 2.29. The molecule has 4 atom stereocenters. The van der Waals surface area contributed by atoms with Crippen LogP contribution in [0.2, 0.25) is 0 Å². The van der Waals surface area contributed by atoms with Crippen molar-refractivity contribution in [1.29, 1.82) is 0 Å². The van der Waals surface area contributed by atoms with Gasteiger partial charge in [0.1, 0.15) is 6.10 Å². The number of nitrogens with zero attached hydrogens (tertiary/aromatic N) is 2. The second-order valence-electron chi connectivity index (χ2n) is 8.23. The van der Waals surface area contributed by atoms with Gasteiger partial charge in [-0.3, -0.25) is 14.6 Å². The van der Waals surface area contributed by atoms with E-state index in [9.17, 15) is 14.7 Å². The van der Waals surface area contributed by atoms with Gasteiger partial charge in [-0.2, -0.15) is 0 Å². The summed E-state index contributed by atoms with van der Waals surface area (Å²) in [5, 5.41) is 13.3. The highest BCUT2D eigenvalue weighted by Gasteiger charge is 2.40. The summed E-state index contributed by atoms with van der Waals surface area (Å²) in [7, 11) is 0. The summed E-state index contributed by atoms with van der Waals surface area (Å²) >= 11 is 0. The van der Waals surface area contributed by atoms with E-state index in [-0.39, 0.29) is 43.2 Å². The van der Waals surface area contributed by atoms with Crippen LogP contribution in [0.5, 0.6) is 0 Å². The Morgan fingerprint density at radius 2 is 1.97 bits per heavy atom. The first-order chi connectivity index (χ1) is 14.1. The maximum Gasteiger partial charge on any atom is 0.254 e. The minimum absolute atomic E-state index is 0.0325. The minimum atomic E-state index is -0.743. The first-order valence-corrected chi connectivity index (χ1v) is 10.5. The number of hydrogen-bond donors (Lipinski definition) is 2. The van der Waals surface area contributed by atoms with Gasteiger partial charge in [-0.05, 0) is 44.2 Å². The van der Waals surface area contributed by atoms with Gasteiger partial charge >= 0.3 is 0 Å². The summed E-state index contributed by atoms with van der Waals surface area (Å²) in [4.78, 5) is 31.1. The quantitative estimate of drug-likeness (QED) is 0.774. The summed E-state index contributed by atoms with van der Waals surface area (Å²) in [6, 6.07) is 3.47. The van der Waals surface area contributed by atoms with Gasteiger partial charge in [0.15, 0.2) is 0 Å². The molecule has 4 rings (SSSR count). The summed E-state index contributed by atoms with van der Waals surface area (Å²) in [6.45, 7) is 0.640. The third-order valence-electron chi connectivity index (χ3n) is 6.05. The monoisotopic (exact) mass is 403 g/mol. The molecule has 8 nitrogen and oxygen atoms in total. The Morgan fingerprint density at radius 3 is 2.69 bits per heavy atom. The molecule has 0 aromatic carbocycles. The number of fused-ring (bicyclic) bond motifs is 1. The molecule has 3 fully saturated rings. The van der Waals surface area contributed by atoms with Gasteiger partial charge in [-0.15, -0.1) is 0 Å². The van der Waals surface area contributed by atoms with Gasteiger partial charge in [0, 0.05) is 30.5 Å². The standard InChI is InChI=1S/C21H29N3O5/c25-16-11-24(21(27)14-6-8-22-9-7-14)18-5-4-17(29-19(18)13-28-12-16)10-20(26)23-15-2-1-3-15/h6-9,15-19,25H,1-5,10-13H2,(H,23,26)/t16-,17+,18+,19-/m0/s1. The number of aromatic nitrogens is 1. The zero-order valence-electron chi connectivity index (χ0n) is 16.5. The first kappa shape index (κ1) is 20.3. The fraction of sp³-hybridized carbons (Fsp3) is 0.667. The number of pyridine rings is 1. The number of nitrogens with one attached hydrogen (secondary N) is 1. The minimum Gasteiger partial charge on any atom is -0.389 e. The van der Waals surface area contributed by atoms with Gasteiger partial charge in [0.05, 0.1) is 37.9 Å². The van der Waals surface area contributed by atoms with Gasteiger partial charge in [-0.25, -0.2) is 0 Å². The van der Waals surface area contributed by atoms with Crippen molar-refractivity contribution in [1.82, 2.24) is 15.2 Å². The lowest BCUT2D eigenvalue weighted by Crippen LogP contribution is -2.57. The van der Waals surface area contributed by atoms with E-state index in [1.807, 2.05) is 0 Å². The Bertz CT molecular complexity index is 712. The normalized spacial score (nSPS) is 30.4. The molecule has 2 N–H and O–H groups in total.